The van der Waals surface area contributed by atoms with Crippen LogP contribution in [0.25, 0.3) is 0 Å². The van der Waals surface area contributed by atoms with Crippen LogP contribution in [0.3, 0.4) is 0 Å². The number of hydrogen-bond acceptors (Lipinski definition) is 6. The van der Waals surface area contributed by atoms with E-state index >= 15 is 0 Å². The Morgan fingerprint density at radius 3 is 2.10 bits per heavy atom. The minimum Gasteiger partial charge on any atom is -0.508 e. The number of phenols is 1. The Hall–Kier alpha value is -2.65. The van der Waals surface area contributed by atoms with E-state index in [0.717, 1.165) is 13.1 Å². The Kier molecular flexibility index (Phi) is 8.59. The highest BCUT2D eigenvalue weighted by Gasteiger charge is 2.41. The van der Waals surface area contributed by atoms with Gasteiger partial charge in [0.25, 0.3) is 0 Å². The van der Waals surface area contributed by atoms with Crippen LogP contribution in [0.4, 0.5) is 0 Å². The number of hydrogen-bond donors (Lipinski definition) is 5. The molecule has 0 bridgehead atoms. The molecule has 0 saturated carbocycles. The van der Waals surface area contributed by atoms with Crippen LogP contribution < -0.4 is 0 Å². The largest absolute Gasteiger partial charge is 0.508 e. The molecule has 0 radical (unpaired) electrons. The maximum absolute atomic E-state index is 10.3. The highest BCUT2D eigenvalue weighted by molar-refractivity contribution is 5.88. The second kappa shape index (κ2) is 10.2. The van der Waals surface area contributed by atoms with Crippen LogP contribution in [-0.2, 0) is 19.8 Å². The van der Waals surface area contributed by atoms with Gasteiger partial charge < -0.3 is 30.4 Å². The molecule has 9 nitrogen and oxygen atoms in total. The number of rotatable bonds is 8. The number of phenolic OH excluding ortho intramolecular Hbond substituents is 1. The van der Waals surface area contributed by atoms with Crippen molar-refractivity contribution in [3.05, 3.63) is 29.8 Å². The normalized spacial score (nSPS) is 19.3. The Morgan fingerprint density at radius 1 is 1.14 bits per heavy atom. The standard InChI is InChI=1S/C14H21NO.C6H8O7/c1-3-7-14(8-9-15(2)11-14)12-5-4-6-13(16)10-12;7-3(8)1-6(13,5(11)12)2-4(9)10/h4-6,10,16H,3,7-9,11H2,1-2H3;13H,1-2H2,(H,7,8)(H,9,10)(H,11,12). The van der Waals surface area contributed by atoms with Gasteiger partial charge >= 0.3 is 17.9 Å². The average Bonchev–Trinajstić information content (AvgIpc) is 2.96. The van der Waals surface area contributed by atoms with Crippen molar-refractivity contribution in [2.45, 2.75) is 50.0 Å². The van der Waals surface area contributed by atoms with Crippen molar-refractivity contribution in [1.29, 1.82) is 0 Å². The summed E-state index contributed by atoms with van der Waals surface area (Å²) in [6.07, 6.45) is 1.33. The molecule has 162 valence electrons. The number of benzene rings is 1. The number of carboxylic acids is 3. The van der Waals surface area contributed by atoms with Gasteiger partial charge in [-0.15, -0.1) is 0 Å². The Labute approximate surface area is 169 Å². The van der Waals surface area contributed by atoms with Gasteiger partial charge in [0.2, 0.25) is 0 Å². The zero-order chi connectivity index (χ0) is 22.2. The van der Waals surface area contributed by atoms with E-state index in [1.807, 2.05) is 12.1 Å². The molecule has 2 rings (SSSR count). The zero-order valence-electron chi connectivity index (χ0n) is 16.7. The average molecular weight is 411 g/mol. The summed E-state index contributed by atoms with van der Waals surface area (Å²) < 4.78 is 0. The predicted octanol–water partition coefficient (Wildman–Crippen LogP) is 1.52. The molecule has 0 spiro atoms. The van der Waals surface area contributed by atoms with Crippen molar-refractivity contribution in [3.8, 4) is 5.75 Å². The number of nitrogens with zero attached hydrogens (tertiary/aromatic N) is 1. The summed E-state index contributed by atoms with van der Waals surface area (Å²) in [5.41, 5.74) is -1.17. The molecule has 0 amide bonds. The van der Waals surface area contributed by atoms with E-state index in [-0.39, 0.29) is 5.41 Å². The molecule has 1 aliphatic rings. The highest BCUT2D eigenvalue weighted by Crippen LogP contribution is 2.39. The van der Waals surface area contributed by atoms with Crippen LogP contribution in [0.15, 0.2) is 24.3 Å². The van der Waals surface area contributed by atoms with Gasteiger partial charge in [0.05, 0.1) is 12.8 Å². The second-order valence-electron chi connectivity index (χ2n) is 7.55. The topological polar surface area (TPSA) is 156 Å². The van der Waals surface area contributed by atoms with Gasteiger partial charge in [-0.05, 0) is 44.1 Å². The molecular weight excluding hydrogens is 382 g/mol. The number of likely N-dealkylation sites (tertiary alicyclic amines) is 1. The maximum atomic E-state index is 10.3. The first-order valence-corrected chi connectivity index (χ1v) is 9.31. The van der Waals surface area contributed by atoms with Crippen LogP contribution in [0.2, 0.25) is 0 Å². The van der Waals surface area contributed by atoms with Gasteiger partial charge in [-0.25, -0.2) is 4.79 Å². The number of carboxylic acid groups (broad SMARTS) is 3. The molecular formula is C20H29NO8. The first-order chi connectivity index (χ1) is 13.4. The van der Waals surface area contributed by atoms with E-state index in [4.69, 9.17) is 20.4 Å². The Balaban J connectivity index is 0.000000298. The minimum absolute atomic E-state index is 0.266. The maximum Gasteiger partial charge on any atom is 0.336 e. The number of aromatic hydroxyl groups is 1. The first-order valence-electron chi connectivity index (χ1n) is 9.31. The van der Waals surface area contributed by atoms with Crippen LogP contribution in [0.5, 0.6) is 5.75 Å². The van der Waals surface area contributed by atoms with Crippen molar-refractivity contribution >= 4 is 17.9 Å². The van der Waals surface area contributed by atoms with Gasteiger partial charge in [-0.2, -0.15) is 0 Å². The van der Waals surface area contributed by atoms with E-state index in [1.165, 1.54) is 24.8 Å². The highest BCUT2D eigenvalue weighted by atomic mass is 16.4. The number of carbonyl (C=O) groups is 3. The molecule has 0 aliphatic carbocycles. The monoisotopic (exact) mass is 411 g/mol. The summed E-state index contributed by atoms with van der Waals surface area (Å²) in [6.45, 7) is 4.52. The van der Waals surface area contributed by atoms with Crippen LogP contribution in [0.1, 0.15) is 44.6 Å². The van der Waals surface area contributed by atoms with E-state index in [9.17, 15) is 19.5 Å². The molecule has 1 aliphatic heterocycles. The van der Waals surface area contributed by atoms with Crippen molar-refractivity contribution in [3.63, 3.8) is 0 Å². The lowest BCUT2D eigenvalue weighted by Crippen LogP contribution is -2.42. The molecule has 1 fully saturated rings. The molecule has 9 heteroatoms. The first kappa shape index (κ1) is 24.4. The molecule has 1 aromatic carbocycles. The van der Waals surface area contributed by atoms with Crippen molar-refractivity contribution in [2.75, 3.05) is 20.1 Å². The fourth-order valence-electron chi connectivity index (χ4n) is 3.69. The number of likely N-dealkylation sites (N-methyl/N-ethyl adjacent to an activating group) is 1. The van der Waals surface area contributed by atoms with E-state index in [1.54, 1.807) is 6.07 Å². The Bertz CT molecular complexity index is 715. The molecule has 1 unspecified atom stereocenters. The lowest BCUT2D eigenvalue weighted by Gasteiger charge is -2.29. The molecule has 1 aromatic rings. The van der Waals surface area contributed by atoms with Gasteiger partial charge in [0.15, 0.2) is 5.60 Å². The lowest BCUT2D eigenvalue weighted by atomic mass is 9.76. The third-order valence-corrected chi connectivity index (χ3v) is 5.02. The molecule has 29 heavy (non-hydrogen) atoms. The van der Waals surface area contributed by atoms with Gasteiger partial charge in [0.1, 0.15) is 5.75 Å². The quantitative estimate of drug-likeness (QED) is 0.428. The smallest absolute Gasteiger partial charge is 0.336 e. The molecule has 1 saturated heterocycles. The van der Waals surface area contributed by atoms with Crippen molar-refractivity contribution < 1.29 is 39.9 Å². The summed E-state index contributed by atoms with van der Waals surface area (Å²) >= 11 is 0. The fourth-order valence-corrected chi connectivity index (χ4v) is 3.69. The predicted molar refractivity (Wildman–Crippen MR) is 104 cm³/mol. The summed E-state index contributed by atoms with van der Waals surface area (Å²) in [7, 11) is 2.18. The SMILES string of the molecule is CCCC1(c2cccc(O)c2)CCN(C)C1.O=C(O)CC(O)(CC(=O)O)C(=O)O. The van der Waals surface area contributed by atoms with Gasteiger partial charge in [0, 0.05) is 12.0 Å². The molecule has 5 N–H and O–H groups in total. The van der Waals surface area contributed by atoms with Crippen LogP contribution in [0, 0.1) is 0 Å². The van der Waals surface area contributed by atoms with E-state index in [0.29, 0.717) is 5.75 Å². The van der Waals surface area contributed by atoms with Gasteiger partial charge in [-0.1, -0.05) is 25.5 Å². The summed E-state index contributed by atoms with van der Waals surface area (Å²) in [5, 5.41) is 43.4. The lowest BCUT2D eigenvalue weighted by molar-refractivity contribution is -0.170. The van der Waals surface area contributed by atoms with Crippen LogP contribution >= 0.6 is 0 Å². The number of aliphatic hydroxyl groups is 1. The fraction of sp³-hybridized carbons (Fsp3) is 0.550. The molecule has 1 atom stereocenters. The number of aliphatic carboxylic acids is 3. The molecule has 0 aromatic heterocycles. The molecule has 1 heterocycles. The van der Waals surface area contributed by atoms with Crippen LogP contribution in [-0.4, -0.2) is 74.1 Å². The van der Waals surface area contributed by atoms with Crippen molar-refractivity contribution in [2.24, 2.45) is 0 Å². The minimum atomic E-state index is -2.74. The van der Waals surface area contributed by atoms with E-state index in [2.05, 4.69) is 24.9 Å². The van der Waals surface area contributed by atoms with E-state index < -0.39 is 36.4 Å². The van der Waals surface area contributed by atoms with Gasteiger partial charge in [-0.3, -0.25) is 9.59 Å². The second-order valence-corrected chi connectivity index (χ2v) is 7.55. The van der Waals surface area contributed by atoms with Crippen molar-refractivity contribution in [1.82, 2.24) is 4.90 Å². The summed E-state index contributed by atoms with van der Waals surface area (Å²) in [5.74, 6) is -4.63. The third kappa shape index (κ3) is 7.03. The summed E-state index contributed by atoms with van der Waals surface area (Å²) in [4.78, 5) is 32.9. The summed E-state index contributed by atoms with van der Waals surface area (Å²) in [6, 6.07) is 7.81. The zero-order valence-corrected chi connectivity index (χ0v) is 16.7. The third-order valence-electron chi connectivity index (χ3n) is 5.02. The Morgan fingerprint density at radius 2 is 1.72 bits per heavy atom.